The molecule has 1 heterocycles. The molecule has 1 N–H and O–H groups in total. The number of hydrogen-bond donors (Lipinski definition) is 1. The molecule has 64 valence electrons. The summed E-state index contributed by atoms with van der Waals surface area (Å²) in [5, 5.41) is 15.4. The van der Waals surface area contributed by atoms with Gasteiger partial charge in [0.2, 0.25) is 0 Å². The van der Waals surface area contributed by atoms with E-state index in [2.05, 4.69) is 10.3 Å². The Kier molecular flexibility index (Phi) is 2.18. The summed E-state index contributed by atoms with van der Waals surface area (Å²) in [6.45, 7) is 1.42. The molecular weight excluding hydrogens is 162 g/mol. The first-order valence-corrected chi connectivity index (χ1v) is 3.25. The van der Waals surface area contributed by atoms with Crippen LogP contribution >= 0.6 is 0 Å². The predicted molar refractivity (Wildman–Crippen MR) is 37.8 cm³/mol. The summed E-state index contributed by atoms with van der Waals surface area (Å²) >= 11 is 0. The van der Waals surface area contributed by atoms with Crippen molar-refractivity contribution in [3.63, 3.8) is 0 Å². The van der Waals surface area contributed by atoms with Crippen molar-refractivity contribution in [1.82, 2.24) is 15.0 Å². The number of aromatic nitrogens is 3. The van der Waals surface area contributed by atoms with Crippen LogP contribution in [0, 0.1) is 0 Å². The number of carboxylic acid groups (broad SMARTS) is 1. The van der Waals surface area contributed by atoms with Crippen LogP contribution in [0.5, 0.6) is 0 Å². The predicted octanol–water partition coefficient (Wildman–Crippen LogP) is -0.264. The van der Waals surface area contributed by atoms with Crippen LogP contribution in [-0.4, -0.2) is 32.4 Å². The Balaban J connectivity index is 3.01. The van der Waals surface area contributed by atoms with Gasteiger partial charge in [0.15, 0.2) is 6.29 Å². The lowest BCUT2D eigenvalue weighted by atomic mass is 10.3. The Morgan fingerprint density at radius 2 is 2.50 bits per heavy atom. The molecule has 1 aromatic heterocycles. The average molecular weight is 169 g/mol. The van der Waals surface area contributed by atoms with E-state index in [1.807, 2.05) is 0 Å². The van der Waals surface area contributed by atoms with Gasteiger partial charge in [-0.15, -0.1) is 5.10 Å². The van der Waals surface area contributed by atoms with Crippen molar-refractivity contribution < 1.29 is 14.7 Å². The number of carbonyl (C=O) groups is 2. The minimum atomic E-state index is -1.05. The summed E-state index contributed by atoms with van der Waals surface area (Å²) in [6, 6.07) is -0.868. The van der Waals surface area contributed by atoms with Gasteiger partial charge in [-0.2, -0.15) is 0 Å². The van der Waals surface area contributed by atoms with Crippen LogP contribution in [-0.2, 0) is 4.79 Å². The number of carbonyl (C=O) groups excluding carboxylic acids is 1. The highest BCUT2D eigenvalue weighted by Crippen LogP contribution is 2.05. The van der Waals surface area contributed by atoms with E-state index < -0.39 is 12.0 Å². The number of carboxylic acids is 1. The maximum Gasteiger partial charge on any atom is 0.328 e. The lowest BCUT2D eigenvalue weighted by molar-refractivity contribution is -0.140. The zero-order valence-corrected chi connectivity index (χ0v) is 6.34. The number of aldehydes is 1. The van der Waals surface area contributed by atoms with Gasteiger partial charge in [-0.25, -0.2) is 9.48 Å². The van der Waals surface area contributed by atoms with E-state index in [1.165, 1.54) is 13.1 Å². The van der Waals surface area contributed by atoms with Gasteiger partial charge >= 0.3 is 5.97 Å². The molecule has 1 rings (SSSR count). The first-order chi connectivity index (χ1) is 5.66. The van der Waals surface area contributed by atoms with Crippen molar-refractivity contribution in [2.45, 2.75) is 13.0 Å². The van der Waals surface area contributed by atoms with E-state index in [-0.39, 0.29) is 5.69 Å². The maximum absolute atomic E-state index is 10.5. The van der Waals surface area contributed by atoms with Crippen molar-refractivity contribution in [3.05, 3.63) is 11.9 Å². The minimum absolute atomic E-state index is 0.157. The Hall–Kier alpha value is -1.72. The molecule has 0 aromatic carbocycles. The molecule has 12 heavy (non-hydrogen) atoms. The Bertz CT molecular complexity index is 307. The maximum atomic E-state index is 10.5. The second-order valence-corrected chi connectivity index (χ2v) is 2.24. The summed E-state index contributed by atoms with van der Waals surface area (Å²) < 4.78 is 1.05. The van der Waals surface area contributed by atoms with Crippen LogP contribution in [0.4, 0.5) is 0 Å². The lowest BCUT2D eigenvalue weighted by Gasteiger charge is -2.05. The summed E-state index contributed by atoms with van der Waals surface area (Å²) in [5.74, 6) is -1.05. The van der Waals surface area contributed by atoms with Gasteiger partial charge < -0.3 is 5.11 Å². The number of hydrogen-bond acceptors (Lipinski definition) is 4. The number of aliphatic carboxylic acids is 1. The molecule has 0 saturated carbocycles. The number of rotatable bonds is 3. The van der Waals surface area contributed by atoms with Crippen molar-refractivity contribution in [2.75, 3.05) is 0 Å². The second-order valence-electron chi connectivity index (χ2n) is 2.24. The largest absolute Gasteiger partial charge is 0.480 e. The zero-order valence-electron chi connectivity index (χ0n) is 6.34. The van der Waals surface area contributed by atoms with Crippen molar-refractivity contribution in [1.29, 1.82) is 0 Å². The molecule has 1 aromatic rings. The van der Waals surface area contributed by atoms with Crippen molar-refractivity contribution in [2.24, 2.45) is 0 Å². The standard InChI is InChI=1S/C6H7N3O3/c1-4(6(11)12)9-5(3-10)2-7-8-9/h2-4H,1H3,(H,11,12). The van der Waals surface area contributed by atoms with E-state index in [0.717, 1.165) is 4.68 Å². The fourth-order valence-electron chi connectivity index (χ4n) is 0.742. The third kappa shape index (κ3) is 1.31. The van der Waals surface area contributed by atoms with Gasteiger partial charge in [-0.3, -0.25) is 4.79 Å². The number of nitrogens with zero attached hydrogens (tertiary/aromatic N) is 3. The highest BCUT2D eigenvalue weighted by atomic mass is 16.4. The van der Waals surface area contributed by atoms with Crippen LogP contribution in [0.15, 0.2) is 6.20 Å². The molecule has 1 unspecified atom stereocenters. The molecule has 0 amide bonds. The van der Waals surface area contributed by atoms with Gasteiger partial charge in [0.05, 0.1) is 6.20 Å². The Morgan fingerprint density at radius 1 is 1.83 bits per heavy atom. The SMILES string of the molecule is CC(C(=O)O)n1nncc1C=O. The van der Waals surface area contributed by atoms with E-state index >= 15 is 0 Å². The molecule has 0 saturated heterocycles. The van der Waals surface area contributed by atoms with Crippen molar-refractivity contribution in [3.8, 4) is 0 Å². The molecule has 0 fully saturated rings. The fraction of sp³-hybridized carbons (Fsp3) is 0.333. The zero-order chi connectivity index (χ0) is 9.14. The highest BCUT2D eigenvalue weighted by molar-refractivity contribution is 5.75. The van der Waals surface area contributed by atoms with Gasteiger partial charge in [0.1, 0.15) is 11.7 Å². The van der Waals surface area contributed by atoms with E-state index in [9.17, 15) is 9.59 Å². The Morgan fingerprint density at radius 3 is 3.00 bits per heavy atom. The first-order valence-electron chi connectivity index (χ1n) is 3.25. The minimum Gasteiger partial charge on any atom is -0.480 e. The second kappa shape index (κ2) is 3.12. The van der Waals surface area contributed by atoms with Crippen LogP contribution in [0.1, 0.15) is 23.5 Å². The highest BCUT2D eigenvalue weighted by Gasteiger charge is 2.16. The molecule has 0 aliphatic rings. The van der Waals surface area contributed by atoms with Crippen LogP contribution < -0.4 is 0 Å². The Labute approximate surface area is 67.8 Å². The van der Waals surface area contributed by atoms with Gasteiger partial charge in [0.25, 0.3) is 0 Å². The first kappa shape index (κ1) is 8.38. The summed E-state index contributed by atoms with van der Waals surface area (Å²) in [4.78, 5) is 20.8. The molecule has 6 heteroatoms. The normalized spacial score (nSPS) is 12.4. The van der Waals surface area contributed by atoms with E-state index in [4.69, 9.17) is 5.11 Å². The van der Waals surface area contributed by atoms with E-state index in [1.54, 1.807) is 0 Å². The monoisotopic (exact) mass is 169 g/mol. The molecule has 6 nitrogen and oxygen atoms in total. The van der Waals surface area contributed by atoms with Gasteiger partial charge in [-0.05, 0) is 6.92 Å². The molecule has 1 atom stereocenters. The van der Waals surface area contributed by atoms with E-state index in [0.29, 0.717) is 6.29 Å². The lowest BCUT2D eigenvalue weighted by Crippen LogP contribution is -2.18. The molecular formula is C6H7N3O3. The topological polar surface area (TPSA) is 85.1 Å². The van der Waals surface area contributed by atoms with Crippen molar-refractivity contribution >= 4 is 12.3 Å². The molecule has 0 radical (unpaired) electrons. The fourth-order valence-corrected chi connectivity index (χ4v) is 0.742. The summed E-state index contributed by atoms with van der Waals surface area (Å²) in [6.07, 6.45) is 1.73. The molecule has 0 aliphatic heterocycles. The molecule has 0 bridgehead atoms. The molecule has 0 aliphatic carbocycles. The third-order valence-corrected chi connectivity index (χ3v) is 1.45. The third-order valence-electron chi connectivity index (χ3n) is 1.45. The molecule has 0 spiro atoms. The summed E-state index contributed by atoms with van der Waals surface area (Å²) in [7, 11) is 0. The van der Waals surface area contributed by atoms with Crippen LogP contribution in [0.2, 0.25) is 0 Å². The summed E-state index contributed by atoms with van der Waals surface area (Å²) in [5.41, 5.74) is 0.157. The van der Waals surface area contributed by atoms with Gasteiger partial charge in [-0.1, -0.05) is 5.21 Å². The van der Waals surface area contributed by atoms with Crippen LogP contribution in [0.25, 0.3) is 0 Å². The average Bonchev–Trinajstić information content (AvgIpc) is 2.49. The quantitative estimate of drug-likeness (QED) is 0.630. The smallest absolute Gasteiger partial charge is 0.328 e. The van der Waals surface area contributed by atoms with Gasteiger partial charge in [0, 0.05) is 0 Å². The van der Waals surface area contributed by atoms with Crippen LogP contribution in [0.3, 0.4) is 0 Å².